The summed E-state index contributed by atoms with van der Waals surface area (Å²) in [5.74, 6) is -0.0743. The number of hydrogen-bond donors (Lipinski definition) is 0. The quantitative estimate of drug-likeness (QED) is 0.661. The minimum absolute atomic E-state index is 0.00624. The summed E-state index contributed by atoms with van der Waals surface area (Å²) >= 11 is 0. The van der Waals surface area contributed by atoms with Gasteiger partial charge in [0.15, 0.2) is 0 Å². The zero-order chi connectivity index (χ0) is 21.5. The van der Waals surface area contributed by atoms with Crippen LogP contribution in [0.3, 0.4) is 0 Å². The van der Waals surface area contributed by atoms with Crippen molar-refractivity contribution in [2.75, 3.05) is 31.1 Å². The highest BCUT2D eigenvalue weighted by molar-refractivity contribution is 5.76. The van der Waals surface area contributed by atoms with E-state index < -0.39 is 0 Å². The molecule has 1 saturated heterocycles. The third-order valence-corrected chi connectivity index (χ3v) is 5.49. The van der Waals surface area contributed by atoms with Crippen molar-refractivity contribution in [3.05, 3.63) is 58.4 Å². The molecule has 1 aliphatic heterocycles. The molecule has 0 unspecified atom stereocenters. The lowest BCUT2D eigenvalue weighted by molar-refractivity contribution is -0.132. The van der Waals surface area contributed by atoms with E-state index in [0.717, 1.165) is 35.8 Å². The summed E-state index contributed by atoms with van der Waals surface area (Å²) in [6.45, 7) is 11.0. The van der Waals surface area contributed by atoms with E-state index in [0.29, 0.717) is 13.1 Å². The number of anilines is 1. The van der Waals surface area contributed by atoms with Crippen LogP contribution in [0.15, 0.2) is 41.5 Å². The first-order valence-corrected chi connectivity index (χ1v) is 10.3. The second-order valence-electron chi connectivity index (χ2n) is 8.87. The van der Waals surface area contributed by atoms with E-state index in [4.69, 9.17) is 4.98 Å². The van der Waals surface area contributed by atoms with Crippen molar-refractivity contribution in [2.45, 2.75) is 39.7 Å². The average molecular weight is 409 g/mol. The van der Waals surface area contributed by atoms with Gasteiger partial charge < -0.3 is 14.2 Å². The Bertz CT molecular complexity index is 1130. The number of aromatic nitrogens is 4. The van der Waals surface area contributed by atoms with Crippen molar-refractivity contribution < 1.29 is 4.79 Å². The van der Waals surface area contributed by atoms with Crippen LogP contribution in [0.2, 0.25) is 0 Å². The number of imidazole rings is 1. The monoisotopic (exact) mass is 408 g/mol. The molecule has 0 N–H and O–H groups in total. The fraction of sp³-hybridized carbons (Fsp3) is 0.455. The van der Waals surface area contributed by atoms with Crippen LogP contribution < -0.4 is 10.5 Å². The fourth-order valence-electron chi connectivity index (χ4n) is 3.63. The Labute approximate surface area is 175 Å². The number of carbonyl (C=O) groups is 1. The Hall–Kier alpha value is -3.16. The summed E-state index contributed by atoms with van der Waals surface area (Å²) in [7, 11) is 0. The molecule has 4 rings (SSSR count). The summed E-state index contributed by atoms with van der Waals surface area (Å²) in [5, 5.41) is 4.16. The molecule has 0 atom stereocenters. The first-order valence-electron chi connectivity index (χ1n) is 10.3. The number of aryl methyl sites for hydroxylation is 1. The maximum Gasteiger partial charge on any atom is 0.267 e. The van der Waals surface area contributed by atoms with Crippen LogP contribution in [0.4, 0.5) is 5.69 Å². The molecule has 0 saturated carbocycles. The standard InChI is InChI=1S/C22H28N6O2/c1-16-5-8-20(29)28(24-16)15-21(30)26-11-9-25(10-12-26)17-6-7-19-23-18(22(2,3)4)14-27(19)13-17/h5-8,13-14H,9-12,15H2,1-4H3. The van der Waals surface area contributed by atoms with Gasteiger partial charge in [0.2, 0.25) is 5.91 Å². The van der Waals surface area contributed by atoms with Crippen LogP contribution in [0.5, 0.6) is 0 Å². The Balaban J connectivity index is 1.42. The minimum Gasteiger partial charge on any atom is -0.367 e. The summed E-state index contributed by atoms with van der Waals surface area (Å²) in [6.07, 6.45) is 4.19. The molecule has 8 nitrogen and oxygen atoms in total. The Morgan fingerprint density at radius 2 is 1.77 bits per heavy atom. The lowest BCUT2D eigenvalue weighted by atomic mass is 9.93. The molecular weight excluding hydrogens is 380 g/mol. The molecule has 3 aromatic rings. The van der Waals surface area contributed by atoms with Gasteiger partial charge in [-0.25, -0.2) is 9.67 Å². The molecule has 3 aromatic heterocycles. The lowest BCUT2D eigenvalue weighted by Gasteiger charge is -2.36. The predicted molar refractivity (Wildman–Crippen MR) is 116 cm³/mol. The topological polar surface area (TPSA) is 75.7 Å². The number of carbonyl (C=O) groups excluding carboxylic acids is 1. The van der Waals surface area contributed by atoms with Crippen molar-refractivity contribution in [1.29, 1.82) is 0 Å². The Morgan fingerprint density at radius 3 is 2.47 bits per heavy atom. The van der Waals surface area contributed by atoms with Crippen LogP contribution in [0.25, 0.3) is 5.65 Å². The highest BCUT2D eigenvalue weighted by atomic mass is 16.2. The van der Waals surface area contributed by atoms with Crippen LogP contribution in [0.1, 0.15) is 32.2 Å². The van der Waals surface area contributed by atoms with Gasteiger partial charge in [0.25, 0.3) is 5.56 Å². The molecular formula is C22H28N6O2. The molecule has 1 amide bonds. The normalized spacial score (nSPS) is 15.1. The largest absolute Gasteiger partial charge is 0.367 e. The van der Waals surface area contributed by atoms with Crippen molar-refractivity contribution >= 4 is 17.2 Å². The maximum atomic E-state index is 12.6. The summed E-state index contributed by atoms with van der Waals surface area (Å²) in [5.41, 5.74) is 3.59. The van der Waals surface area contributed by atoms with E-state index in [-0.39, 0.29) is 23.4 Å². The molecule has 1 aliphatic rings. The van der Waals surface area contributed by atoms with E-state index in [1.807, 2.05) is 6.07 Å². The number of fused-ring (bicyclic) bond motifs is 1. The Kier molecular flexibility index (Phi) is 5.09. The average Bonchev–Trinajstić information content (AvgIpc) is 3.15. The van der Waals surface area contributed by atoms with Gasteiger partial charge in [0.05, 0.1) is 17.1 Å². The minimum atomic E-state index is -0.254. The zero-order valence-corrected chi connectivity index (χ0v) is 18.0. The number of rotatable bonds is 3. The van der Waals surface area contributed by atoms with Gasteiger partial charge in [0, 0.05) is 50.1 Å². The number of amides is 1. The summed E-state index contributed by atoms with van der Waals surface area (Å²) in [6, 6.07) is 7.23. The SMILES string of the molecule is Cc1ccc(=O)n(CC(=O)N2CCN(c3ccc4nc(C(C)(C)C)cn4c3)CC2)n1. The van der Waals surface area contributed by atoms with Gasteiger partial charge in [0.1, 0.15) is 12.2 Å². The highest BCUT2D eigenvalue weighted by Crippen LogP contribution is 2.24. The fourth-order valence-corrected chi connectivity index (χ4v) is 3.63. The molecule has 1 fully saturated rings. The van der Waals surface area contributed by atoms with E-state index in [1.165, 1.54) is 10.7 Å². The van der Waals surface area contributed by atoms with Crippen LogP contribution in [0, 0.1) is 6.92 Å². The number of piperazine rings is 1. The van der Waals surface area contributed by atoms with E-state index in [9.17, 15) is 9.59 Å². The molecule has 0 radical (unpaired) electrons. The van der Waals surface area contributed by atoms with Crippen LogP contribution in [-0.2, 0) is 16.8 Å². The lowest BCUT2D eigenvalue weighted by Crippen LogP contribution is -2.50. The van der Waals surface area contributed by atoms with Crippen LogP contribution in [-0.4, -0.2) is 56.2 Å². The predicted octanol–water partition coefficient (Wildman–Crippen LogP) is 1.85. The molecule has 0 aromatic carbocycles. The highest BCUT2D eigenvalue weighted by Gasteiger charge is 2.23. The van der Waals surface area contributed by atoms with Gasteiger partial charge in [-0.3, -0.25) is 9.59 Å². The molecule has 0 spiro atoms. The smallest absolute Gasteiger partial charge is 0.267 e. The molecule has 4 heterocycles. The zero-order valence-electron chi connectivity index (χ0n) is 18.0. The van der Waals surface area contributed by atoms with Gasteiger partial charge in [-0.15, -0.1) is 0 Å². The summed E-state index contributed by atoms with van der Waals surface area (Å²) in [4.78, 5) is 33.3. The van der Waals surface area contributed by atoms with Gasteiger partial charge in [-0.2, -0.15) is 5.10 Å². The Morgan fingerprint density at radius 1 is 1.03 bits per heavy atom. The number of hydrogen-bond acceptors (Lipinski definition) is 5. The third kappa shape index (κ3) is 4.08. The first-order chi connectivity index (χ1) is 14.2. The van der Waals surface area contributed by atoms with Crippen LogP contribution >= 0.6 is 0 Å². The van der Waals surface area contributed by atoms with Crippen molar-refractivity contribution in [3.63, 3.8) is 0 Å². The molecule has 0 aliphatic carbocycles. The van der Waals surface area contributed by atoms with Crippen molar-refractivity contribution in [2.24, 2.45) is 0 Å². The molecule has 30 heavy (non-hydrogen) atoms. The maximum absolute atomic E-state index is 12.6. The van der Waals surface area contributed by atoms with Gasteiger partial charge in [-0.05, 0) is 25.1 Å². The molecule has 8 heteroatoms. The third-order valence-electron chi connectivity index (χ3n) is 5.49. The number of pyridine rings is 1. The van der Waals surface area contributed by atoms with Crippen molar-refractivity contribution in [1.82, 2.24) is 24.1 Å². The summed E-state index contributed by atoms with van der Waals surface area (Å²) < 4.78 is 3.31. The van der Waals surface area contributed by atoms with Gasteiger partial charge in [-0.1, -0.05) is 20.8 Å². The molecule has 0 bridgehead atoms. The second kappa shape index (κ2) is 7.59. The molecule has 158 valence electrons. The van der Waals surface area contributed by atoms with Crippen molar-refractivity contribution in [3.8, 4) is 0 Å². The van der Waals surface area contributed by atoms with E-state index in [2.05, 4.69) is 53.6 Å². The van der Waals surface area contributed by atoms with Gasteiger partial charge >= 0.3 is 0 Å². The number of nitrogens with zero attached hydrogens (tertiary/aromatic N) is 6. The van der Waals surface area contributed by atoms with E-state index in [1.54, 1.807) is 17.9 Å². The second-order valence-corrected chi connectivity index (χ2v) is 8.87. The van der Waals surface area contributed by atoms with E-state index >= 15 is 0 Å². The first kappa shape index (κ1) is 20.1.